The van der Waals surface area contributed by atoms with Gasteiger partial charge in [0.25, 0.3) is 5.69 Å². The van der Waals surface area contributed by atoms with Crippen molar-refractivity contribution < 1.29 is 9.66 Å². The Morgan fingerprint density at radius 3 is 2.47 bits per heavy atom. The van der Waals surface area contributed by atoms with E-state index in [1.165, 1.54) is 12.1 Å². The van der Waals surface area contributed by atoms with Gasteiger partial charge in [0, 0.05) is 21.2 Å². The number of nitro benzene ring substituents is 1. The van der Waals surface area contributed by atoms with Crippen molar-refractivity contribution in [2.75, 3.05) is 0 Å². The molecule has 98 valence electrons. The van der Waals surface area contributed by atoms with E-state index >= 15 is 0 Å². The molecule has 2 rings (SSSR count). The largest absolute Gasteiger partial charge is 0.438 e. The topological polar surface area (TPSA) is 65.3 Å². The lowest BCUT2D eigenvalue weighted by atomic mass is 10.3. The SMILES string of the molecule is O=[N+]([O-])c1cc(Br)cc(Oc2ncc(Br)cc2Br)c1. The zero-order valence-corrected chi connectivity index (χ0v) is 13.9. The fourth-order valence-electron chi connectivity index (χ4n) is 1.30. The highest BCUT2D eigenvalue weighted by Crippen LogP contribution is 2.33. The third-order valence-corrected chi connectivity index (χ3v) is 3.52. The van der Waals surface area contributed by atoms with E-state index in [0.29, 0.717) is 20.6 Å². The first-order valence-electron chi connectivity index (χ1n) is 4.89. The number of hydrogen-bond acceptors (Lipinski definition) is 4. The Hall–Kier alpha value is -0.990. The number of non-ortho nitro benzene ring substituents is 1. The molecule has 0 radical (unpaired) electrons. The fraction of sp³-hybridized carbons (Fsp3) is 0. The summed E-state index contributed by atoms with van der Waals surface area (Å²) in [7, 11) is 0. The highest BCUT2D eigenvalue weighted by atomic mass is 79.9. The van der Waals surface area contributed by atoms with Gasteiger partial charge in [-0.05, 0) is 44.0 Å². The van der Waals surface area contributed by atoms with Crippen molar-refractivity contribution in [1.82, 2.24) is 4.98 Å². The number of nitro groups is 1. The minimum atomic E-state index is -0.484. The first-order chi connectivity index (χ1) is 8.95. The summed E-state index contributed by atoms with van der Waals surface area (Å²) in [5, 5.41) is 10.8. The normalized spacial score (nSPS) is 10.3. The maximum atomic E-state index is 10.8. The van der Waals surface area contributed by atoms with E-state index in [4.69, 9.17) is 4.74 Å². The van der Waals surface area contributed by atoms with Gasteiger partial charge in [-0.3, -0.25) is 10.1 Å². The van der Waals surface area contributed by atoms with Gasteiger partial charge in [0.1, 0.15) is 5.75 Å². The number of rotatable bonds is 3. The molecule has 0 unspecified atom stereocenters. The van der Waals surface area contributed by atoms with E-state index < -0.39 is 4.92 Å². The highest BCUT2D eigenvalue weighted by molar-refractivity contribution is 9.11. The van der Waals surface area contributed by atoms with E-state index in [1.54, 1.807) is 18.3 Å². The van der Waals surface area contributed by atoms with Gasteiger partial charge in [0.15, 0.2) is 0 Å². The van der Waals surface area contributed by atoms with Crippen molar-refractivity contribution in [3.05, 3.63) is 54.0 Å². The molecule has 0 aliphatic rings. The van der Waals surface area contributed by atoms with E-state index in [9.17, 15) is 10.1 Å². The second-order valence-electron chi connectivity index (χ2n) is 3.44. The molecule has 19 heavy (non-hydrogen) atoms. The van der Waals surface area contributed by atoms with E-state index in [1.807, 2.05) is 0 Å². The van der Waals surface area contributed by atoms with Crippen LogP contribution in [0.15, 0.2) is 43.9 Å². The summed E-state index contributed by atoms with van der Waals surface area (Å²) in [6.07, 6.45) is 1.58. The molecule has 0 atom stereocenters. The van der Waals surface area contributed by atoms with Crippen LogP contribution in [0.4, 0.5) is 5.69 Å². The lowest BCUT2D eigenvalue weighted by molar-refractivity contribution is -0.385. The summed E-state index contributed by atoms with van der Waals surface area (Å²) in [4.78, 5) is 14.4. The summed E-state index contributed by atoms with van der Waals surface area (Å²) in [5.74, 6) is 0.659. The van der Waals surface area contributed by atoms with Gasteiger partial charge in [-0.1, -0.05) is 15.9 Å². The maximum absolute atomic E-state index is 10.8. The fourth-order valence-corrected chi connectivity index (χ4v) is 2.83. The van der Waals surface area contributed by atoms with Crippen LogP contribution in [0.25, 0.3) is 0 Å². The molecule has 0 saturated heterocycles. The Bertz CT molecular complexity index is 649. The number of halogens is 3. The molecule has 0 saturated carbocycles. The molecule has 5 nitrogen and oxygen atoms in total. The summed E-state index contributed by atoms with van der Waals surface area (Å²) in [6.45, 7) is 0. The van der Waals surface area contributed by atoms with Crippen LogP contribution in [0.5, 0.6) is 11.6 Å². The van der Waals surface area contributed by atoms with Crippen molar-refractivity contribution in [2.24, 2.45) is 0 Å². The van der Waals surface area contributed by atoms with Gasteiger partial charge in [0.05, 0.1) is 15.5 Å². The molecule has 0 aliphatic heterocycles. The third-order valence-electron chi connectivity index (χ3n) is 2.06. The number of pyridine rings is 1. The second-order valence-corrected chi connectivity index (χ2v) is 6.13. The van der Waals surface area contributed by atoms with Gasteiger partial charge in [0.2, 0.25) is 5.88 Å². The van der Waals surface area contributed by atoms with Crippen LogP contribution in [-0.2, 0) is 0 Å². The molecule has 0 N–H and O–H groups in total. The van der Waals surface area contributed by atoms with Crippen LogP contribution >= 0.6 is 47.8 Å². The molecule has 0 fully saturated rings. The molecule has 0 spiro atoms. The van der Waals surface area contributed by atoms with E-state index in [0.717, 1.165) is 4.47 Å². The predicted octanol–water partition coefficient (Wildman–Crippen LogP) is 5.07. The minimum absolute atomic E-state index is 0.0578. The summed E-state index contributed by atoms with van der Waals surface area (Å²) >= 11 is 9.79. The molecular formula is C11H5Br3N2O3. The lowest BCUT2D eigenvalue weighted by Crippen LogP contribution is -1.92. The van der Waals surface area contributed by atoms with Crippen LogP contribution in [0.3, 0.4) is 0 Å². The Labute approximate surface area is 133 Å². The standard InChI is InChI=1S/C11H5Br3N2O3/c12-6-1-8(16(17)18)4-9(2-6)19-11-10(14)3-7(13)5-15-11/h1-5H. The number of aromatic nitrogens is 1. The molecule has 1 aromatic heterocycles. The van der Waals surface area contributed by atoms with Crippen molar-refractivity contribution in [1.29, 1.82) is 0 Å². The molecule has 0 aliphatic carbocycles. The number of benzene rings is 1. The zero-order chi connectivity index (χ0) is 14.0. The molecular weight excluding hydrogens is 448 g/mol. The molecule has 0 bridgehead atoms. The molecule has 8 heteroatoms. The molecule has 1 aromatic carbocycles. The summed E-state index contributed by atoms with van der Waals surface area (Å²) in [6, 6.07) is 6.13. The lowest BCUT2D eigenvalue weighted by Gasteiger charge is -2.07. The van der Waals surface area contributed by atoms with Gasteiger partial charge >= 0.3 is 0 Å². The summed E-state index contributed by atoms with van der Waals surface area (Å²) in [5.41, 5.74) is -0.0578. The highest BCUT2D eigenvalue weighted by Gasteiger charge is 2.12. The minimum Gasteiger partial charge on any atom is -0.438 e. The third kappa shape index (κ3) is 3.74. The van der Waals surface area contributed by atoms with Crippen LogP contribution in [0.1, 0.15) is 0 Å². The van der Waals surface area contributed by atoms with Crippen molar-refractivity contribution in [3.63, 3.8) is 0 Å². The van der Waals surface area contributed by atoms with Gasteiger partial charge in [-0.15, -0.1) is 0 Å². The Kier molecular flexibility index (Phi) is 4.54. The van der Waals surface area contributed by atoms with Gasteiger partial charge in [-0.25, -0.2) is 4.98 Å². The first kappa shape index (κ1) is 14.4. The maximum Gasteiger partial charge on any atom is 0.274 e. The van der Waals surface area contributed by atoms with Crippen LogP contribution in [-0.4, -0.2) is 9.91 Å². The number of hydrogen-bond donors (Lipinski definition) is 0. The van der Waals surface area contributed by atoms with Crippen molar-refractivity contribution in [2.45, 2.75) is 0 Å². The Morgan fingerprint density at radius 1 is 1.11 bits per heavy atom. The van der Waals surface area contributed by atoms with Crippen molar-refractivity contribution >= 4 is 53.5 Å². The molecule has 0 amide bonds. The van der Waals surface area contributed by atoms with Crippen LogP contribution in [0, 0.1) is 10.1 Å². The Balaban J connectivity index is 2.35. The predicted molar refractivity (Wildman–Crippen MR) is 80.5 cm³/mol. The average Bonchev–Trinajstić information content (AvgIpc) is 2.32. The monoisotopic (exact) mass is 450 g/mol. The zero-order valence-electron chi connectivity index (χ0n) is 9.14. The average molecular weight is 453 g/mol. The first-order valence-corrected chi connectivity index (χ1v) is 7.27. The van der Waals surface area contributed by atoms with Crippen LogP contribution in [0.2, 0.25) is 0 Å². The van der Waals surface area contributed by atoms with Gasteiger partial charge < -0.3 is 4.74 Å². The number of nitrogens with zero attached hydrogens (tertiary/aromatic N) is 2. The number of ether oxygens (including phenoxy) is 1. The van der Waals surface area contributed by atoms with E-state index in [2.05, 4.69) is 52.8 Å². The van der Waals surface area contributed by atoms with Crippen LogP contribution < -0.4 is 4.74 Å². The van der Waals surface area contributed by atoms with Gasteiger partial charge in [-0.2, -0.15) is 0 Å². The summed E-state index contributed by atoms with van der Waals surface area (Å²) < 4.78 is 7.52. The molecule has 2 aromatic rings. The van der Waals surface area contributed by atoms with Crippen molar-refractivity contribution in [3.8, 4) is 11.6 Å². The quantitative estimate of drug-likeness (QED) is 0.481. The van der Waals surface area contributed by atoms with E-state index in [-0.39, 0.29) is 5.69 Å². The second kappa shape index (κ2) is 5.98. The smallest absolute Gasteiger partial charge is 0.274 e. The Morgan fingerprint density at radius 2 is 1.84 bits per heavy atom. The molecule has 1 heterocycles.